The first-order chi connectivity index (χ1) is 11.6. The van der Waals surface area contributed by atoms with Crippen LogP contribution < -0.4 is 10.9 Å². The highest BCUT2D eigenvalue weighted by molar-refractivity contribution is 5.78. The first-order valence-corrected chi connectivity index (χ1v) is 8.10. The van der Waals surface area contributed by atoms with Crippen LogP contribution in [0, 0.1) is 0 Å². The Kier molecular flexibility index (Phi) is 5.22. The van der Waals surface area contributed by atoms with Crippen molar-refractivity contribution >= 4 is 16.8 Å². The number of aromatic amines is 1. The molecule has 1 aliphatic rings. The van der Waals surface area contributed by atoms with E-state index < -0.39 is 0 Å². The molecule has 2 heterocycles. The van der Waals surface area contributed by atoms with Crippen molar-refractivity contribution in [1.82, 2.24) is 15.3 Å². The molecule has 0 saturated carbocycles. The molecule has 1 aromatic heterocycles. The minimum atomic E-state index is -0.212. The van der Waals surface area contributed by atoms with Gasteiger partial charge in [-0.2, -0.15) is 0 Å². The lowest BCUT2D eigenvalue weighted by Gasteiger charge is -2.19. The molecule has 0 bridgehead atoms. The van der Waals surface area contributed by atoms with Gasteiger partial charge in [-0.1, -0.05) is 12.1 Å². The topological polar surface area (TPSA) is 93.3 Å². The number of rotatable bonds is 6. The molecule has 1 amide bonds. The number of hydrogen-bond donors (Lipinski definition) is 2. The molecule has 7 heteroatoms. The van der Waals surface area contributed by atoms with Gasteiger partial charge in [-0.25, -0.2) is 4.98 Å². The molecular formula is C17H21N3O4. The van der Waals surface area contributed by atoms with Crippen LogP contribution in [-0.2, 0) is 20.9 Å². The number of para-hydroxylation sites is 1. The third-order valence-corrected chi connectivity index (χ3v) is 4.05. The lowest BCUT2D eigenvalue weighted by molar-refractivity contribution is -0.127. The van der Waals surface area contributed by atoms with E-state index in [9.17, 15) is 9.59 Å². The molecular weight excluding hydrogens is 310 g/mol. The van der Waals surface area contributed by atoms with Gasteiger partial charge in [0, 0.05) is 6.61 Å². The van der Waals surface area contributed by atoms with Crippen molar-refractivity contribution in [3.05, 3.63) is 40.4 Å². The van der Waals surface area contributed by atoms with Gasteiger partial charge < -0.3 is 19.8 Å². The predicted molar refractivity (Wildman–Crippen MR) is 88.6 cm³/mol. The summed E-state index contributed by atoms with van der Waals surface area (Å²) < 4.78 is 10.9. The van der Waals surface area contributed by atoms with E-state index in [0.29, 0.717) is 16.7 Å². The van der Waals surface area contributed by atoms with Gasteiger partial charge in [0.25, 0.3) is 5.56 Å². The lowest BCUT2D eigenvalue weighted by atomic mass is 10.1. The van der Waals surface area contributed by atoms with Crippen molar-refractivity contribution < 1.29 is 14.3 Å². The van der Waals surface area contributed by atoms with Crippen LogP contribution in [0.3, 0.4) is 0 Å². The Morgan fingerprint density at radius 3 is 3.12 bits per heavy atom. The van der Waals surface area contributed by atoms with Crippen molar-refractivity contribution in [2.45, 2.75) is 38.5 Å². The number of fused-ring (bicyclic) bond motifs is 1. The van der Waals surface area contributed by atoms with Crippen LogP contribution in [0.25, 0.3) is 10.9 Å². The summed E-state index contributed by atoms with van der Waals surface area (Å²) in [7, 11) is 0. The number of nitrogens with zero attached hydrogens (tertiary/aromatic N) is 1. The van der Waals surface area contributed by atoms with Crippen LogP contribution in [0.1, 0.15) is 25.6 Å². The normalized spacial score (nSPS) is 18.6. The molecule has 2 N–H and O–H groups in total. The minimum absolute atomic E-state index is 0.0396. The highest BCUT2D eigenvalue weighted by Crippen LogP contribution is 2.15. The van der Waals surface area contributed by atoms with E-state index >= 15 is 0 Å². The van der Waals surface area contributed by atoms with Crippen molar-refractivity contribution in [3.63, 3.8) is 0 Å². The van der Waals surface area contributed by atoms with E-state index in [4.69, 9.17) is 9.47 Å². The maximum absolute atomic E-state index is 11.9. The highest BCUT2D eigenvalue weighted by atomic mass is 16.5. The Hall–Kier alpha value is -2.25. The molecule has 2 aromatic rings. The van der Waals surface area contributed by atoms with Gasteiger partial charge in [0.05, 0.1) is 23.0 Å². The van der Waals surface area contributed by atoms with Crippen molar-refractivity contribution in [3.8, 4) is 0 Å². The fourth-order valence-corrected chi connectivity index (χ4v) is 2.83. The molecule has 0 unspecified atom stereocenters. The zero-order valence-electron chi connectivity index (χ0n) is 13.6. The maximum Gasteiger partial charge on any atom is 0.258 e. The monoisotopic (exact) mass is 331 g/mol. The summed E-state index contributed by atoms with van der Waals surface area (Å²) in [6, 6.07) is 7.05. The Morgan fingerprint density at radius 1 is 1.50 bits per heavy atom. The fraction of sp³-hybridized carbons (Fsp3) is 0.471. The molecule has 24 heavy (non-hydrogen) atoms. The predicted octanol–water partition coefficient (Wildman–Crippen LogP) is 1.12. The smallest absolute Gasteiger partial charge is 0.258 e. The number of ether oxygens (including phenoxy) is 2. The van der Waals surface area contributed by atoms with Crippen molar-refractivity contribution in [1.29, 1.82) is 0 Å². The first-order valence-electron chi connectivity index (χ1n) is 8.10. The second-order valence-electron chi connectivity index (χ2n) is 5.93. The number of aromatic nitrogens is 2. The fourth-order valence-electron chi connectivity index (χ4n) is 2.83. The second-order valence-corrected chi connectivity index (χ2v) is 5.93. The summed E-state index contributed by atoms with van der Waals surface area (Å²) in [5, 5.41) is 3.40. The molecule has 3 rings (SSSR count). The van der Waals surface area contributed by atoms with Crippen molar-refractivity contribution in [2.75, 3.05) is 13.2 Å². The SMILES string of the molecule is C[C@H](NC(=O)COCc1nc2ccccc2c(=O)[nH]1)[C@@H]1CCCO1. The van der Waals surface area contributed by atoms with Gasteiger partial charge in [-0.05, 0) is 31.9 Å². The molecule has 1 aliphatic heterocycles. The second kappa shape index (κ2) is 7.55. The largest absolute Gasteiger partial charge is 0.376 e. The Bertz CT molecular complexity index is 768. The summed E-state index contributed by atoms with van der Waals surface area (Å²) in [6.07, 6.45) is 2.07. The zero-order chi connectivity index (χ0) is 16.9. The first kappa shape index (κ1) is 16.6. The number of nitrogens with one attached hydrogen (secondary N) is 2. The lowest BCUT2D eigenvalue weighted by Crippen LogP contribution is -2.42. The maximum atomic E-state index is 11.9. The Morgan fingerprint density at radius 2 is 2.33 bits per heavy atom. The molecule has 1 fully saturated rings. The van der Waals surface area contributed by atoms with Crippen LogP contribution in [0.2, 0.25) is 0 Å². The van der Waals surface area contributed by atoms with E-state index in [1.807, 2.05) is 13.0 Å². The standard InChI is InChI=1S/C17H21N3O4/c1-11(14-7-4-8-24-14)18-16(21)10-23-9-15-19-13-6-3-2-5-12(13)17(22)20-15/h2-3,5-6,11,14H,4,7-10H2,1H3,(H,18,21)(H,19,20,22)/t11-,14-/m0/s1. The van der Waals surface area contributed by atoms with Crippen LogP contribution in [-0.4, -0.2) is 41.2 Å². The van der Waals surface area contributed by atoms with Crippen LogP contribution in [0.15, 0.2) is 29.1 Å². The summed E-state index contributed by atoms with van der Waals surface area (Å²) in [4.78, 5) is 30.8. The summed E-state index contributed by atoms with van der Waals surface area (Å²) in [5.74, 6) is 0.194. The summed E-state index contributed by atoms with van der Waals surface area (Å²) in [6.45, 7) is 2.66. The van der Waals surface area contributed by atoms with E-state index in [1.165, 1.54) is 0 Å². The number of benzene rings is 1. The van der Waals surface area contributed by atoms with Gasteiger partial charge in [0.15, 0.2) is 0 Å². The molecule has 2 atom stereocenters. The Balaban J connectivity index is 1.51. The van der Waals surface area contributed by atoms with Crippen LogP contribution in [0.5, 0.6) is 0 Å². The number of carbonyl (C=O) groups is 1. The van der Waals surface area contributed by atoms with E-state index in [1.54, 1.807) is 18.2 Å². The molecule has 128 valence electrons. The molecule has 0 aliphatic carbocycles. The number of amides is 1. The zero-order valence-corrected chi connectivity index (χ0v) is 13.6. The van der Waals surface area contributed by atoms with Gasteiger partial charge in [0.1, 0.15) is 19.0 Å². The molecule has 0 spiro atoms. The average Bonchev–Trinajstić information content (AvgIpc) is 3.09. The van der Waals surface area contributed by atoms with E-state index in [0.717, 1.165) is 19.4 Å². The number of hydrogen-bond acceptors (Lipinski definition) is 5. The minimum Gasteiger partial charge on any atom is -0.376 e. The van der Waals surface area contributed by atoms with Gasteiger partial charge in [-0.3, -0.25) is 9.59 Å². The molecule has 0 radical (unpaired) electrons. The van der Waals surface area contributed by atoms with Gasteiger partial charge in [-0.15, -0.1) is 0 Å². The van der Waals surface area contributed by atoms with Gasteiger partial charge in [0.2, 0.25) is 5.91 Å². The number of H-pyrrole nitrogens is 1. The van der Waals surface area contributed by atoms with E-state index in [2.05, 4.69) is 15.3 Å². The quantitative estimate of drug-likeness (QED) is 0.827. The average molecular weight is 331 g/mol. The third-order valence-electron chi connectivity index (χ3n) is 4.05. The third kappa shape index (κ3) is 3.98. The molecule has 1 aromatic carbocycles. The van der Waals surface area contributed by atoms with Crippen LogP contribution in [0.4, 0.5) is 0 Å². The Labute approximate surface area is 139 Å². The van der Waals surface area contributed by atoms with Gasteiger partial charge >= 0.3 is 0 Å². The van der Waals surface area contributed by atoms with Crippen LogP contribution >= 0.6 is 0 Å². The summed E-state index contributed by atoms with van der Waals surface area (Å²) in [5.41, 5.74) is 0.395. The number of carbonyl (C=O) groups excluding carboxylic acids is 1. The molecule has 7 nitrogen and oxygen atoms in total. The van der Waals surface area contributed by atoms with Crippen molar-refractivity contribution in [2.24, 2.45) is 0 Å². The summed E-state index contributed by atoms with van der Waals surface area (Å²) >= 11 is 0. The van der Waals surface area contributed by atoms with E-state index in [-0.39, 0.29) is 36.8 Å². The highest BCUT2D eigenvalue weighted by Gasteiger charge is 2.23. The molecule has 1 saturated heterocycles.